The Morgan fingerprint density at radius 1 is 1.36 bits per heavy atom. The molecule has 2 atom stereocenters. The smallest absolute Gasteiger partial charge is 0.317 e. The molecule has 2 fully saturated rings. The van der Waals surface area contributed by atoms with Crippen LogP contribution in [0, 0.1) is 0 Å². The Labute approximate surface area is 66.8 Å². The first-order valence-corrected chi connectivity index (χ1v) is 4.34. The van der Waals surface area contributed by atoms with Crippen LogP contribution < -0.4 is 5.32 Å². The largest absolute Gasteiger partial charge is 0.341 e. The van der Waals surface area contributed by atoms with Crippen LogP contribution in [0.1, 0.15) is 25.7 Å². The van der Waals surface area contributed by atoms with Gasteiger partial charge in [0.05, 0.1) is 12.1 Å². The monoisotopic (exact) mass is 154 g/mol. The summed E-state index contributed by atoms with van der Waals surface area (Å²) >= 11 is 0. The summed E-state index contributed by atoms with van der Waals surface area (Å²) < 4.78 is 0. The van der Waals surface area contributed by atoms with Crippen LogP contribution in [-0.2, 0) is 0 Å². The van der Waals surface area contributed by atoms with Crippen LogP contribution in [0.4, 0.5) is 4.79 Å². The molecule has 2 unspecified atom stereocenters. The molecule has 1 N–H and O–H groups in total. The highest BCUT2D eigenvalue weighted by Crippen LogP contribution is 2.39. The number of hydrogen-bond acceptors (Lipinski definition) is 1. The maximum absolute atomic E-state index is 11.2. The zero-order valence-corrected chi connectivity index (χ0v) is 6.84. The first kappa shape index (κ1) is 6.95. The predicted molar refractivity (Wildman–Crippen MR) is 42.3 cm³/mol. The molecule has 1 saturated carbocycles. The molecule has 2 amide bonds. The zero-order valence-electron chi connectivity index (χ0n) is 6.84. The number of amides is 2. The molecule has 3 nitrogen and oxygen atoms in total. The lowest BCUT2D eigenvalue weighted by molar-refractivity contribution is 0.227. The second-order valence-electron chi connectivity index (χ2n) is 3.38. The third kappa shape index (κ3) is 0.988. The van der Waals surface area contributed by atoms with Crippen LogP contribution in [0.25, 0.3) is 0 Å². The van der Waals surface area contributed by atoms with Gasteiger partial charge in [0.15, 0.2) is 0 Å². The molecular formula is C8H14N2O. The Balaban J connectivity index is 1.94. The topological polar surface area (TPSA) is 32.1 Å². The fraction of sp³-hybridized carbons (Fsp3) is 0.875. The minimum Gasteiger partial charge on any atom is -0.341 e. The highest BCUT2D eigenvalue weighted by atomic mass is 16.2. The van der Waals surface area contributed by atoms with Crippen LogP contribution in [0.15, 0.2) is 0 Å². The average molecular weight is 154 g/mol. The fourth-order valence-corrected chi connectivity index (χ4v) is 2.14. The van der Waals surface area contributed by atoms with Gasteiger partial charge in [-0.25, -0.2) is 4.79 Å². The van der Waals surface area contributed by atoms with Crippen molar-refractivity contribution in [3.05, 3.63) is 0 Å². The average Bonchev–Trinajstić information content (AvgIpc) is 2.77. The predicted octanol–water partition coefficient (Wildman–Crippen LogP) is 0.953. The van der Waals surface area contributed by atoms with Crippen molar-refractivity contribution in [2.75, 3.05) is 7.05 Å². The summed E-state index contributed by atoms with van der Waals surface area (Å²) in [5, 5.41) is 2.67. The van der Waals surface area contributed by atoms with E-state index in [0.717, 1.165) is 0 Å². The molecule has 0 bridgehead atoms. The van der Waals surface area contributed by atoms with Crippen LogP contribution in [0.5, 0.6) is 0 Å². The molecule has 0 radical (unpaired) electrons. The molecule has 0 spiro atoms. The van der Waals surface area contributed by atoms with Crippen molar-refractivity contribution >= 4 is 6.03 Å². The van der Waals surface area contributed by atoms with Gasteiger partial charge in [-0.05, 0) is 12.8 Å². The second-order valence-corrected chi connectivity index (χ2v) is 3.38. The molecule has 1 aliphatic heterocycles. The van der Waals surface area contributed by atoms with Gasteiger partial charge in [-0.3, -0.25) is 0 Å². The van der Waals surface area contributed by atoms with E-state index in [4.69, 9.17) is 0 Å². The van der Waals surface area contributed by atoms with Crippen molar-refractivity contribution in [2.24, 2.45) is 0 Å². The molecule has 1 heterocycles. The van der Waals surface area contributed by atoms with Gasteiger partial charge in [-0.2, -0.15) is 0 Å². The summed E-state index contributed by atoms with van der Waals surface area (Å²) in [5.41, 5.74) is 0. The van der Waals surface area contributed by atoms with Gasteiger partial charge < -0.3 is 10.2 Å². The summed E-state index contributed by atoms with van der Waals surface area (Å²) in [7, 11) is 1.70. The highest BCUT2D eigenvalue weighted by molar-refractivity contribution is 5.77. The number of rotatable bonds is 0. The number of urea groups is 1. The molecule has 0 aromatic carbocycles. The van der Waals surface area contributed by atoms with Crippen LogP contribution in [0.3, 0.4) is 0 Å². The van der Waals surface area contributed by atoms with E-state index < -0.39 is 0 Å². The fourth-order valence-electron chi connectivity index (χ4n) is 2.14. The van der Waals surface area contributed by atoms with Crippen molar-refractivity contribution in [1.29, 1.82) is 0 Å². The van der Waals surface area contributed by atoms with E-state index in [1.165, 1.54) is 25.7 Å². The number of nitrogens with zero attached hydrogens (tertiary/aromatic N) is 1. The highest BCUT2D eigenvalue weighted by Gasteiger charge is 2.50. The summed E-state index contributed by atoms with van der Waals surface area (Å²) in [6, 6.07) is 1.29. The number of likely N-dealkylation sites (tertiary alicyclic amines) is 1. The summed E-state index contributed by atoms with van der Waals surface area (Å²) in [5.74, 6) is 0. The van der Waals surface area contributed by atoms with Crippen molar-refractivity contribution in [2.45, 2.75) is 37.8 Å². The van der Waals surface area contributed by atoms with E-state index in [1.54, 1.807) is 7.05 Å². The Bertz CT molecular complexity index is 169. The normalized spacial score (nSPS) is 34.5. The van der Waals surface area contributed by atoms with Crippen molar-refractivity contribution in [3.8, 4) is 0 Å². The number of hydrogen-bond donors (Lipinski definition) is 1. The quantitative estimate of drug-likeness (QED) is 0.518. The second kappa shape index (κ2) is 2.40. The number of carbonyl (C=O) groups is 1. The Kier molecular flexibility index (Phi) is 1.51. The summed E-state index contributed by atoms with van der Waals surface area (Å²) in [6.45, 7) is 0. The lowest BCUT2D eigenvalue weighted by Gasteiger charge is -2.01. The van der Waals surface area contributed by atoms with E-state index in [2.05, 4.69) is 5.32 Å². The molecule has 3 heteroatoms. The van der Waals surface area contributed by atoms with Gasteiger partial charge in [-0.1, -0.05) is 12.8 Å². The van der Waals surface area contributed by atoms with Gasteiger partial charge in [0.1, 0.15) is 0 Å². The Morgan fingerprint density at radius 2 is 1.91 bits per heavy atom. The SMILES string of the molecule is CNC(=O)N1C2CCCCC21. The van der Waals surface area contributed by atoms with E-state index >= 15 is 0 Å². The number of fused-ring (bicyclic) bond motifs is 1. The van der Waals surface area contributed by atoms with Crippen molar-refractivity contribution < 1.29 is 4.79 Å². The van der Waals surface area contributed by atoms with Gasteiger partial charge >= 0.3 is 6.03 Å². The standard InChI is InChI=1S/C8H14N2O/c1-9-8(11)10-6-4-2-3-5-7(6)10/h6-7H,2-5H2,1H3,(H,9,11). The zero-order chi connectivity index (χ0) is 7.84. The first-order valence-electron chi connectivity index (χ1n) is 4.34. The Hall–Kier alpha value is -0.730. The van der Waals surface area contributed by atoms with Gasteiger partial charge in [0.25, 0.3) is 0 Å². The van der Waals surface area contributed by atoms with E-state index in [-0.39, 0.29) is 6.03 Å². The minimum absolute atomic E-state index is 0.113. The first-order chi connectivity index (χ1) is 5.34. The molecule has 2 rings (SSSR count). The third-order valence-electron chi connectivity index (χ3n) is 2.77. The van der Waals surface area contributed by atoms with Crippen molar-refractivity contribution in [1.82, 2.24) is 10.2 Å². The lowest BCUT2D eigenvalue weighted by Crippen LogP contribution is -2.26. The van der Waals surface area contributed by atoms with Crippen LogP contribution >= 0.6 is 0 Å². The van der Waals surface area contributed by atoms with Gasteiger partial charge in [0, 0.05) is 7.05 Å². The molecular weight excluding hydrogens is 140 g/mol. The molecule has 2 aliphatic rings. The molecule has 1 saturated heterocycles. The van der Waals surface area contributed by atoms with Crippen LogP contribution in [0.2, 0.25) is 0 Å². The Morgan fingerprint density at radius 3 is 2.36 bits per heavy atom. The maximum Gasteiger partial charge on any atom is 0.317 e. The summed E-state index contributed by atoms with van der Waals surface area (Å²) in [4.78, 5) is 13.1. The third-order valence-corrected chi connectivity index (χ3v) is 2.77. The molecule has 0 aromatic heterocycles. The van der Waals surface area contributed by atoms with E-state index in [9.17, 15) is 4.79 Å². The molecule has 1 aliphatic carbocycles. The minimum atomic E-state index is 0.113. The number of nitrogens with one attached hydrogen (secondary N) is 1. The van der Waals surface area contributed by atoms with Crippen molar-refractivity contribution in [3.63, 3.8) is 0 Å². The molecule has 11 heavy (non-hydrogen) atoms. The van der Waals surface area contributed by atoms with Gasteiger partial charge in [-0.15, -0.1) is 0 Å². The maximum atomic E-state index is 11.2. The lowest BCUT2D eigenvalue weighted by atomic mass is 10.0. The summed E-state index contributed by atoms with van der Waals surface area (Å²) in [6.07, 6.45) is 5.04. The molecule has 62 valence electrons. The van der Waals surface area contributed by atoms with Crippen LogP contribution in [-0.4, -0.2) is 30.1 Å². The number of carbonyl (C=O) groups excluding carboxylic acids is 1. The molecule has 0 aromatic rings. The van der Waals surface area contributed by atoms with E-state index in [0.29, 0.717) is 12.1 Å². The van der Waals surface area contributed by atoms with Gasteiger partial charge in [0.2, 0.25) is 0 Å². The van der Waals surface area contributed by atoms with E-state index in [1.807, 2.05) is 4.90 Å².